The molecule has 1 aliphatic heterocycles. The van der Waals surface area contributed by atoms with Crippen molar-refractivity contribution in [2.75, 3.05) is 7.11 Å². The van der Waals surface area contributed by atoms with Gasteiger partial charge in [-0.3, -0.25) is 4.79 Å². The van der Waals surface area contributed by atoms with E-state index >= 15 is 0 Å². The zero-order valence-electron chi connectivity index (χ0n) is 16.4. The van der Waals surface area contributed by atoms with Crippen LogP contribution in [0.1, 0.15) is 36.8 Å². The highest BCUT2D eigenvalue weighted by Gasteiger charge is 2.29. The second-order valence-corrected chi connectivity index (χ2v) is 8.56. The van der Waals surface area contributed by atoms with Crippen molar-refractivity contribution >= 4 is 17.1 Å². The highest BCUT2D eigenvalue weighted by molar-refractivity contribution is 7.08. The Morgan fingerprint density at radius 1 is 1.32 bits per heavy atom. The van der Waals surface area contributed by atoms with Crippen LogP contribution in [-0.2, 0) is 6.61 Å². The number of benzene rings is 1. The quantitative estimate of drug-likeness (QED) is 0.446. The lowest BCUT2D eigenvalue weighted by molar-refractivity contribution is 0.103. The first-order valence-electron chi connectivity index (χ1n) is 9.06. The Labute approximate surface area is 168 Å². The van der Waals surface area contributed by atoms with Gasteiger partial charge >= 0.3 is 0 Å². The number of rotatable bonds is 4. The number of hydrogen-bond acceptors (Lipinski definition) is 5. The summed E-state index contributed by atoms with van der Waals surface area (Å²) in [6, 6.07) is 7.71. The zero-order chi connectivity index (χ0) is 19.9. The van der Waals surface area contributed by atoms with Gasteiger partial charge in [-0.1, -0.05) is 26.8 Å². The monoisotopic (exact) mass is 394 g/mol. The topological polar surface area (TPSA) is 53.4 Å². The number of hydrogen-bond donors (Lipinski definition) is 0. The first-order chi connectivity index (χ1) is 13.4. The summed E-state index contributed by atoms with van der Waals surface area (Å²) in [6.45, 7) is 6.47. The Kier molecular flexibility index (Phi) is 4.59. The van der Waals surface area contributed by atoms with Crippen LogP contribution in [0, 0.1) is 5.41 Å². The second kappa shape index (κ2) is 6.95. The van der Waals surface area contributed by atoms with Crippen LogP contribution in [0.5, 0.6) is 11.5 Å². The van der Waals surface area contributed by atoms with E-state index in [0.29, 0.717) is 12.3 Å². The predicted octanol–water partition coefficient (Wildman–Crippen LogP) is 5.29. The first kappa shape index (κ1) is 18.5. The second-order valence-electron chi connectivity index (χ2n) is 7.78. The standard InChI is InChI=1S/C22H22N2O3S/c1-22(2,3)9-7-18(25)20-17-12-27-19-11-15(26-4)5-6-16(19)21(17)24(23-20)14-8-10-28-13-14/h5-11,13H,12H2,1-4H3/b9-7+. The number of aromatic nitrogens is 2. The van der Waals surface area contributed by atoms with Gasteiger partial charge in [-0.05, 0) is 35.1 Å². The summed E-state index contributed by atoms with van der Waals surface area (Å²) in [5, 5.41) is 8.71. The summed E-state index contributed by atoms with van der Waals surface area (Å²) in [6.07, 6.45) is 3.53. The molecule has 0 radical (unpaired) electrons. The van der Waals surface area contributed by atoms with Crippen molar-refractivity contribution in [2.24, 2.45) is 5.41 Å². The molecule has 0 atom stereocenters. The summed E-state index contributed by atoms with van der Waals surface area (Å²) >= 11 is 1.59. The maximum Gasteiger partial charge on any atom is 0.206 e. The van der Waals surface area contributed by atoms with Gasteiger partial charge in [-0.15, -0.1) is 0 Å². The lowest BCUT2D eigenvalue weighted by Crippen LogP contribution is -2.09. The molecule has 0 unspecified atom stereocenters. The molecule has 0 N–H and O–H groups in total. The van der Waals surface area contributed by atoms with E-state index in [9.17, 15) is 4.79 Å². The molecular formula is C22H22N2O3S. The lowest BCUT2D eigenvalue weighted by atomic mass is 9.95. The Hall–Kier alpha value is -2.86. The molecule has 4 rings (SSSR count). The van der Waals surface area contributed by atoms with E-state index in [2.05, 4.69) is 25.9 Å². The van der Waals surface area contributed by atoms with Gasteiger partial charge in [0.25, 0.3) is 0 Å². The maximum absolute atomic E-state index is 12.9. The van der Waals surface area contributed by atoms with Gasteiger partial charge in [0, 0.05) is 22.6 Å². The Morgan fingerprint density at radius 3 is 2.82 bits per heavy atom. The number of ketones is 1. The Morgan fingerprint density at radius 2 is 2.14 bits per heavy atom. The fourth-order valence-corrected chi connectivity index (χ4v) is 3.74. The van der Waals surface area contributed by atoms with Crippen LogP contribution >= 0.6 is 11.3 Å². The molecule has 0 amide bonds. The van der Waals surface area contributed by atoms with Gasteiger partial charge in [0.15, 0.2) is 0 Å². The van der Waals surface area contributed by atoms with Gasteiger partial charge in [0.05, 0.1) is 18.5 Å². The van der Waals surface area contributed by atoms with E-state index in [4.69, 9.17) is 9.47 Å². The average molecular weight is 394 g/mol. The van der Waals surface area contributed by atoms with Crippen LogP contribution in [0.15, 0.2) is 47.2 Å². The van der Waals surface area contributed by atoms with Gasteiger partial charge in [0.2, 0.25) is 5.78 Å². The third-order valence-electron chi connectivity index (χ3n) is 4.52. The summed E-state index contributed by atoms with van der Waals surface area (Å²) in [7, 11) is 1.63. The van der Waals surface area contributed by atoms with Crippen LogP contribution in [-0.4, -0.2) is 22.7 Å². The van der Waals surface area contributed by atoms with E-state index in [1.54, 1.807) is 24.5 Å². The van der Waals surface area contributed by atoms with Gasteiger partial charge in [-0.2, -0.15) is 16.4 Å². The van der Waals surface area contributed by atoms with Crippen LogP contribution < -0.4 is 9.47 Å². The van der Waals surface area contributed by atoms with Crippen molar-refractivity contribution in [2.45, 2.75) is 27.4 Å². The molecule has 28 heavy (non-hydrogen) atoms. The smallest absolute Gasteiger partial charge is 0.206 e. The zero-order valence-corrected chi connectivity index (χ0v) is 17.2. The normalized spacial score (nSPS) is 13.1. The van der Waals surface area contributed by atoms with E-state index in [0.717, 1.165) is 34.0 Å². The van der Waals surface area contributed by atoms with Crippen LogP contribution in [0.25, 0.3) is 16.9 Å². The van der Waals surface area contributed by atoms with E-state index in [1.165, 1.54) is 0 Å². The molecule has 1 aliphatic rings. The van der Waals surface area contributed by atoms with Gasteiger partial charge in [-0.25, -0.2) is 4.68 Å². The molecule has 3 heterocycles. The van der Waals surface area contributed by atoms with Crippen molar-refractivity contribution in [1.82, 2.24) is 9.78 Å². The molecule has 3 aromatic rings. The molecular weight excluding hydrogens is 372 g/mol. The SMILES string of the molecule is COc1ccc2c(c1)OCc1c(C(=O)/C=C/C(C)(C)C)nn(-c3ccsc3)c1-2. The van der Waals surface area contributed by atoms with Gasteiger partial charge in [0.1, 0.15) is 23.8 Å². The minimum Gasteiger partial charge on any atom is -0.497 e. The number of carbonyl (C=O) groups is 1. The highest BCUT2D eigenvalue weighted by atomic mass is 32.1. The Bertz CT molecular complexity index is 1060. The van der Waals surface area contributed by atoms with E-state index in [1.807, 2.05) is 45.8 Å². The molecule has 144 valence electrons. The van der Waals surface area contributed by atoms with Gasteiger partial charge < -0.3 is 9.47 Å². The molecule has 0 saturated carbocycles. The summed E-state index contributed by atoms with van der Waals surface area (Å²) < 4.78 is 13.1. The molecule has 0 spiro atoms. The Balaban J connectivity index is 1.88. The molecule has 5 nitrogen and oxygen atoms in total. The number of allylic oxidation sites excluding steroid dienone is 2. The van der Waals surface area contributed by atoms with Crippen LogP contribution in [0.2, 0.25) is 0 Å². The highest BCUT2D eigenvalue weighted by Crippen LogP contribution is 2.42. The molecule has 0 aliphatic carbocycles. The molecule has 6 heteroatoms. The van der Waals surface area contributed by atoms with Crippen molar-refractivity contribution in [3.05, 3.63) is 58.4 Å². The average Bonchev–Trinajstić information content (AvgIpc) is 3.32. The third kappa shape index (κ3) is 3.36. The lowest BCUT2D eigenvalue weighted by Gasteiger charge is -2.20. The molecule has 2 aromatic heterocycles. The van der Waals surface area contributed by atoms with Crippen LogP contribution in [0.3, 0.4) is 0 Å². The molecule has 0 bridgehead atoms. The molecule has 0 fully saturated rings. The molecule has 1 aromatic carbocycles. The largest absolute Gasteiger partial charge is 0.497 e. The first-order valence-corrected chi connectivity index (χ1v) is 10.0. The van der Waals surface area contributed by atoms with Crippen molar-refractivity contribution in [3.8, 4) is 28.4 Å². The number of ether oxygens (including phenoxy) is 2. The van der Waals surface area contributed by atoms with E-state index in [-0.39, 0.29) is 11.2 Å². The number of carbonyl (C=O) groups excluding carboxylic acids is 1. The fraction of sp³-hybridized carbons (Fsp3) is 0.273. The number of methoxy groups -OCH3 is 1. The number of thiophene rings is 1. The maximum atomic E-state index is 12.9. The fourth-order valence-electron chi connectivity index (χ4n) is 3.13. The van der Waals surface area contributed by atoms with Crippen molar-refractivity contribution < 1.29 is 14.3 Å². The number of nitrogens with zero attached hydrogens (tertiary/aromatic N) is 2. The van der Waals surface area contributed by atoms with Crippen molar-refractivity contribution in [1.29, 1.82) is 0 Å². The number of fused-ring (bicyclic) bond motifs is 3. The summed E-state index contributed by atoms with van der Waals surface area (Å²) in [4.78, 5) is 12.9. The minimum absolute atomic E-state index is 0.0781. The van der Waals surface area contributed by atoms with Crippen molar-refractivity contribution in [3.63, 3.8) is 0 Å². The molecule has 0 saturated heterocycles. The summed E-state index contributed by atoms with van der Waals surface area (Å²) in [5.41, 5.74) is 3.90. The predicted molar refractivity (Wildman–Crippen MR) is 111 cm³/mol. The van der Waals surface area contributed by atoms with Crippen LogP contribution in [0.4, 0.5) is 0 Å². The minimum atomic E-state index is -0.110. The van der Waals surface area contributed by atoms with E-state index < -0.39 is 0 Å². The third-order valence-corrected chi connectivity index (χ3v) is 5.19. The summed E-state index contributed by atoms with van der Waals surface area (Å²) in [5.74, 6) is 1.35.